The molecule has 0 aliphatic heterocycles. The van der Waals surface area contributed by atoms with E-state index in [1.54, 1.807) is 0 Å². The topological polar surface area (TPSA) is 49.3 Å². The van der Waals surface area contributed by atoms with Gasteiger partial charge in [-0.25, -0.2) is 0 Å². The van der Waals surface area contributed by atoms with Crippen molar-refractivity contribution in [3.05, 3.63) is 30.3 Å². The summed E-state index contributed by atoms with van der Waals surface area (Å²) in [5.41, 5.74) is 0. The molecule has 0 aliphatic rings. The summed E-state index contributed by atoms with van der Waals surface area (Å²) in [6.45, 7) is 3.13. The highest BCUT2D eigenvalue weighted by atomic mass is 32.2. The highest BCUT2D eigenvalue weighted by Gasteiger charge is 2.12. The minimum absolute atomic E-state index is 0.126. The molecule has 0 fully saturated rings. The van der Waals surface area contributed by atoms with Crippen molar-refractivity contribution in [3.63, 3.8) is 0 Å². The maximum Gasteiger partial charge on any atom is 0.0545 e. The molecule has 1 rings (SSSR count). The number of nitrogens with one attached hydrogen (secondary N) is 1. The van der Waals surface area contributed by atoms with E-state index in [0.717, 1.165) is 17.9 Å². The van der Waals surface area contributed by atoms with Crippen LogP contribution in [0.4, 0.5) is 0 Å². The highest BCUT2D eigenvalue weighted by molar-refractivity contribution is 7.85. The van der Waals surface area contributed by atoms with Gasteiger partial charge in [-0.05, 0) is 31.5 Å². The average molecular weight is 255 g/mol. The molecule has 2 unspecified atom stereocenters. The number of aliphatic hydroxyl groups excluding tert-OH is 1. The normalized spacial score (nSPS) is 14.5. The van der Waals surface area contributed by atoms with Crippen molar-refractivity contribution in [2.24, 2.45) is 0 Å². The first-order valence-corrected chi connectivity index (χ1v) is 7.37. The Kier molecular flexibility index (Phi) is 7.08. The first kappa shape index (κ1) is 14.4. The zero-order valence-corrected chi connectivity index (χ0v) is 11.1. The first-order chi connectivity index (χ1) is 8.27. The van der Waals surface area contributed by atoms with E-state index in [1.807, 2.05) is 30.3 Å². The first-order valence-electron chi connectivity index (χ1n) is 6.05. The van der Waals surface area contributed by atoms with Gasteiger partial charge in [0.1, 0.15) is 0 Å². The van der Waals surface area contributed by atoms with Crippen LogP contribution >= 0.6 is 0 Å². The van der Waals surface area contributed by atoms with Crippen molar-refractivity contribution in [1.29, 1.82) is 0 Å². The predicted molar refractivity (Wildman–Crippen MR) is 71.5 cm³/mol. The number of hydrogen-bond donors (Lipinski definition) is 2. The van der Waals surface area contributed by atoms with Gasteiger partial charge < -0.3 is 10.4 Å². The maximum atomic E-state index is 12.1. The third kappa shape index (κ3) is 5.44. The molecule has 0 saturated carbocycles. The summed E-state index contributed by atoms with van der Waals surface area (Å²) in [6.07, 6.45) is 1.69. The van der Waals surface area contributed by atoms with Gasteiger partial charge in [0.15, 0.2) is 0 Å². The molecule has 0 aromatic heterocycles. The Morgan fingerprint density at radius 2 is 2.06 bits per heavy atom. The molecule has 2 N–H and O–H groups in total. The molecule has 0 amide bonds. The number of hydrogen-bond acceptors (Lipinski definition) is 3. The molecule has 0 saturated heterocycles. The molecule has 0 aliphatic carbocycles. The summed E-state index contributed by atoms with van der Waals surface area (Å²) in [7, 11) is -0.992. The second-order valence-electron chi connectivity index (χ2n) is 3.99. The standard InChI is InChI=1S/C13H21NO2S/c1-2-9-14-12(8-10-15)11-17(16)13-6-4-3-5-7-13/h3-7,12,14-15H,2,8-11H2,1H3. The van der Waals surface area contributed by atoms with Gasteiger partial charge >= 0.3 is 0 Å². The van der Waals surface area contributed by atoms with Crippen molar-refractivity contribution in [1.82, 2.24) is 5.32 Å². The second kappa shape index (κ2) is 8.39. The van der Waals surface area contributed by atoms with Crippen molar-refractivity contribution >= 4 is 10.8 Å². The molecule has 0 bridgehead atoms. The van der Waals surface area contributed by atoms with Gasteiger partial charge in [-0.2, -0.15) is 0 Å². The summed E-state index contributed by atoms with van der Waals surface area (Å²) in [6, 6.07) is 9.60. The van der Waals surface area contributed by atoms with Crippen LogP contribution in [-0.2, 0) is 10.8 Å². The molecule has 0 radical (unpaired) electrons. The van der Waals surface area contributed by atoms with Crippen molar-refractivity contribution in [2.45, 2.75) is 30.7 Å². The molecule has 2 atom stereocenters. The summed E-state index contributed by atoms with van der Waals surface area (Å²) < 4.78 is 12.1. The van der Waals surface area contributed by atoms with Crippen LogP contribution in [0.3, 0.4) is 0 Å². The zero-order valence-electron chi connectivity index (χ0n) is 10.3. The molecule has 4 heteroatoms. The quantitative estimate of drug-likeness (QED) is 0.741. The lowest BCUT2D eigenvalue weighted by atomic mass is 10.2. The average Bonchev–Trinajstić information content (AvgIpc) is 2.37. The van der Waals surface area contributed by atoms with E-state index in [-0.39, 0.29) is 12.6 Å². The smallest absolute Gasteiger partial charge is 0.0545 e. The van der Waals surface area contributed by atoms with Gasteiger partial charge in [-0.1, -0.05) is 25.1 Å². The number of aliphatic hydroxyl groups is 1. The lowest BCUT2D eigenvalue weighted by Gasteiger charge is -2.16. The van der Waals surface area contributed by atoms with Crippen LogP contribution in [0.15, 0.2) is 35.2 Å². The van der Waals surface area contributed by atoms with Gasteiger partial charge in [0.2, 0.25) is 0 Å². The Morgan fingerprint density at radius 1 is 1.35 bits per heavy atom. The van der Waals surface area contributed by atoms with Gasteiger partial charge in [-0.15, -0.1) is 0 Å². The van der Waals surface area contributed by atoms with Crippen LogP contribution in [0.2, 0.25) is 0 Å². The van der Waals surface area contributed by atoms with E-state index >= 15 is 0 Å². The van der Waals surface area contributed by atoms with Gasteiger partial charge in [0.05, 0.1) is 10.8 Å². The van der Waals surface area contributed by atoms with Crippen LogP contribution in [0, 0.1) is 0 Å². The Balaban J connectivity index is 2.51. The Hall–Kier alpha value is -0.710. The highest BCUT2D eigenvalue weighted by Crippen LogP contribution is 2.08. The summed E-state index contributed by atoms with van der Waals surface area (Å²) >= 11 is 0. The third-order valence-corrected chi connectivity index (χ3v) is 4.02. The van der Waals surface area contributed by atoms with Crippen molar-refractivity contribution in [2.75, 3.05) is 18.9 Å². The molecular weight excluding hydrogens is 234 g/mol. The zero-order chi connectivity index (χ0) is 12.5. The van der Waals surface area contributed by atoms with Crippen molar-refractivity contribution in [3.8, 4) is 0 Å². The molecule has 0 spiro atoms. The largest absolute Gasteiger partial charge is 0.396 e. The van der Waals surface area contributed by atoms with Gasteiger partial charge in [0, 0.05) is 23.3 Å². The molecular formula is C13H21NO2S. The summed E-state index contributed by atoms with van der Waals surface area (Å²) in [4.78, 5) is 0.855. The maximum absolute atomic E-state index is 12.1. The van der Waals surface area contributed by atoms with E-state index in [0.29, 0.717) is 12.2 Å². The van der Waals surface area contributed by atoms with Gasteiger partial charge in [0.25, 0.3) is 0 Å². The Labute approximate surface area is 106 Å². The predicted octanol–water partition coefficient (Wildman–Crippen LogP) is 1.54. The minimum atomic E-state index is -0.992. The third-order valence-electron chi connectivity index (χ3n) is 2.52. The molecule has 96 valence electrons. The number of rotatable bonds is 8. The lowest BCUT2D eigenvalue weighted by molar-refractivity contribution is 0.270. The second-order valence-corrected chi connectivity index (χ2v) is 5.48. The number of benzene rings is 1. The van der Waals surface area contributed by atoms with E-state index in [2.05, 4.69) is 12.2 Å². The van der Waals surface area contributed by atoms with Crippen LogP contribution in [0.25, 0.3) is 0 Å². The summed E-state index contributed by atoms with van der Waals surface area (Å²) in [5, 5.41) is 12.3. The van der Waals surface area contributed by atoms with Crippen LogP contribution < -0.4 is 5.32 Å². The van der Waals surface area contributed by atoms with E-state index in [1.165, 1.54) is 0 Å². The molecule has 1 aromatic carbocycles. The fraction of sp³-hybridized carbons (Fsp3) is 0.538. The van der Waals surface area contributed by atoms with E-state index in [9.17, 15) is 4.21 Å². The van der Waals surface area contributed by atoms with E-state index in [4.69, 9.17) is 5.11 Å². The SMILES string of the molecule is CCCNC(CCO)CS(=O)c1ccccc1. The Morgan fingerprint density at radius 3 is 2.65 bits per heavy atom. The van der Waals surface area contributed by atoms with Crippen LogP contribution in [0.1, 0.15) is 19.8 Å². The molecule has 3 nitrogen and oxygen atoms in total. The minimum Gasteiger partial charge on any atom is -0.396 e. The monoisotopic (exact) mass is 255 g/mol. The fourth-order valence-corrected chi connectivity index (χ4v) is 2.90. The summed E-state index contributed by atoms with van der Waals surface area (Å²) in [5.74, 6) is 0.560. The molecule has 1 aromatic rings. The lowest BCUT2D eigenvalue weighted by Crippen LogP contribution is -2.35. The Bertz CT molecular complexity index is 329. The van der Waals surface area contributed by atoms with Crippen LogP contribution in [0.5, 0.6) is 0 Å². The van der Waals surface area contributed by atoms with Crippen molar-refractivity contribution < 1.29 is 9.32 Å². The van der Waals surface area contributed by atoms with E-state index < -0.39 is 10.8 Å². The van der Waals surface area contributed by atoms with Crippen LogP contribution in [-0.4, -0.2) is 34.3 Å². The molecule has 17 heavy (non-hydrogen) atoms. The van der Waals surface area contributed by atoms with Gasteiger partial charge in [-0.3, -0.25) is 4.21 Å². The molecule has 0 heterocycles. The fourth-order valence-electron chi connectivity index (χ4n) is 1.60.